The molecule has 0 bridgehead atoms. The van der Waals surface area contributed by atoms with Crippen LogP contribution in [0, 0.1) is 15.5 Å². The monoisotopic (exact) mass is 293 g/mol. The van der Waals surface area contributed by atoms with E-state index in [-0.39, 0.29) is 17.4 Å². The molecule has 0 saturated carbocycles. The van der Waals surface area contributed by atoms with Crippen LogP contribution in [-0.4, -0.2) is 24.0 Å². The number of carbonyl (C=O) groups is 1. The van der Waals surface area contributed by atoms with Crippen LogP contribution in [-0.2, 0) is 9.53 Å². The molecule has 0 heterocycles. The Labute approximate surface area is 125 Å². The zero-order valence-corrected chi connectivity index (χ0v) is 12.9. The van der Waals surface area contributed by atoms with Crippen molar-refractivity contribution in [3.63, 3.8) is 0 Å². The van der Waals surface area contributed by atoms with Crippen molar-refractivity contribution in [2.24, 2.45) is 5.41 Å². The summed E-state index contributed by atoms with van der Waals surface area (Å²) in [5, 5.41) is 11.0. The van der Waals surface area contributed by atoms with Gasteiger partial charge in [-0.3, -0.25) is 14.9 Å². The molecule has 116 valence electrons. The summed E-state index contributed by atoms with van der Waals surface area (Å²) in [4.78, 5) is 22.9. The molecule has 0 aliphatic carbocycles. The fourth-order valence-corrected chi connectivity index (χ4v) is 2.22. The maximum atomic E-state index is 12.3. The smallest absolute Gasteiger partial charge is 0.312 e. The highest BCUT2D eigenvalue weighted by Gasteiger charge is 2.42. The Morgan fingerprint density at radius 1 is 1.33 bits per heavy atom. The molecule has 1 rings (SSSR count). The second-order valence-corrected chi connectivity index (χ2v) is 5.69. The second-order valence-electron chi connectivity index (χ2n) is 5.69. The van der Waals surface area contributed by atoms with E-state index in [1.807, 2.05) is 37.3 Å². The number of carbonyl (C=O) groups excluding carboxylic acids is 1. The van der Waals surface area contributed by atoms with E-state index in [9.17, 15) is 14.9 Å². The highest BCUT2D eigenvalue weighted by molar-refractivity contribution is 5.77. The topological polar surface area (TPSA) is 69.4 Å². The highest BCUT2D eigenvalue weighted by Crippen LogP contribution is 2.37. The lowest BCUT2D eigenvalue weighted by molar-refractivity contribution is -0.485. The van der Waals surface area contributed by atoms with Crippen LogP contribution in [0.3, 0.4) is 0 Å². The Bertz CT molecular complexity index is 470. The van der Waals surface area contributed by atoms with Crippen LogP contribution < -0.4 is 0 Å². The van der Waals surface area contributed by atoms with Crippen molar-refractivity contribution < 1.29 is 14.5 Å². The van der Waals surface area contributed by atoms with Crippen LogP contribution in [0.5, 0.6) is 0 Å². The molecule has 5 heteroatoms. The van der Waals surface area contributed by atoms with E-state index in [2.05, 4.69) is 0 Å². The summed E-state index contributed by atoms with van der Waals surface area (Å²) in [6.07, 6.45) is 1.73. The lowest BCUT2D eigenvalue weighted by atomic mass is 9.75. The number of hydrogen-bond donors (Lipinski definition) is 0. The maximum Gasteiger partial charge on any atom is 0.312 e. The van der Waals surface area contributed by atoms with Crippen molar-refractivity contribution in [1.29, 1.82) is 0 Å². The van der Waals surface area contributed by atoms with Crippen molar-refractivity contribution in [2.75, 3.05) is 13.2 Å². The van der Waals surface area contributed by atoms with Gasteiger partial charge in [0.15, 0.2) is 0 Å². The van der Waals surface area contributed by atoms with Gasteiger partial charge < -0.3 is 4.74 Å². The molecule has 21 heavy (non-hydrogen) atoms. The van der Waals surface area contributed by atoms with Crippen molar-refractivity contribution in [1.82, 2.24) is 0 Å². The largest absolute Gasteiger partial charge is 0.465 e. The molecule has 0 radical (unpaired) electrons. The quantitative estimate of drug-likeness (QED) is 0.319. The highest BCUT2D eigenvalue weighted by atomic mass is 16.6. The lowest BCUT2D eigenvalue weighted by Gasteiger charge is -2.30. The molecule has 1 unspecified atom stereocenters. The summed E-state index contributed by atoms with van der Waals surface area (Å²) >= 11 is 0. The molecule has 0 saturated heterocycles. The van der Waals surface area contributed by atoms with E-state index < -0.39 is 11.3 Å². The first kappa shape index (κ1) is 17.1. The molecule has 0 aliphatic rings. The Balaban J connectivity index is 2.95. The van der Waals surface area contributed by atoms with Crippen LogP contribution in [0.2, 0.25) is 0 Å². The number of nitrogens with zero attached hydrogens (tertiary/aromatic N) is 1. The number of esters is 1. The summed E-state index contributed by atoms with van der Waals surface area (Å²) < 4.78 is 5.27. The minimum Gasteiger partial charge on any atom is -0.465 e. The van der Waals surface area contributed by atoms with Gasteiger partial charge in [-0.1, -0.05) is 43.7 Å². The molecule has 0 N–H and O–H groups in total. The Morgan fingerprint density at radius 3 is 2.48 bits per heavy atom. The third-order valence-corrected chi connectivity index (χ3v) is 3.66. The normalized spacial score (nSPS) is 12.7. The SMILES string of the molecule is CCCCOC(=O)C(C)(C)C(C[N+](=O)[O-])c1ccccc1. The van der Waals surface area contributed by atoms with E-state index in [0.717, 1.165) is 18.4 Å². The number of ether oxygens (including phenoxy) is 1. The summed E-state index contributed by atoms with van der Waals surface area (Å²) in [5.41, 5.74) is -0.158. The first-order valence-electron chi connectivity index (χ1n) is 7.23. The van der Waals surface area contributed by atoms with Crippen molar-refractivity contribution in [3.05, 3.63) is 46.0 Å². The molecule has 1 aromatic rings. The zero-order valence-electron chi connectivity index (χ0n) is 12.9. The van der Waals surface area contributed by atoms with Crippen molar-refractivity contribution >= 4 is 5.97 Å². The van der Waals surface area contributed by atoms with Gasteiger partial charge in [-0.25, -0.2) is 0 Å². The zero-order chi connectivity index (χ0) is 15.9. The number of unbranched alkanes of at least 4 members (excludes halogenated alkanes) is 1. The van der Waals surface area contributed by atoms with Gasteiger partial charge in [0.25, 0.3) is 0 Å². The van der Waals surface area contributed by atoms with Crippen molar-refractivity contribution in [2.45, 2.75) is 39.5 Å². The first-order chi connectivity index (χ1) is 9.89. The Morgan fingerprint density at radius 2 is 1.95 bits per heavy atom. The number of rotatable bonds is 8. The third-order valence-electron chi connectivity index (χ3n) is 3.66. The Kier molecular flexibility index (Phi) is 6.34. The van der Waals surface area contributed by atoms with Crippen LogP contribution in [0.1, 0.15) is 45.1 Å². The third kappa shape index (κ3) is 4.85. The first-order valence-corrected chi connectivity index (χ1v) is 7.23. The fraction of sp³-hybridized carbons (Fsp3) is 0.562. The predicted octanol–water partition coefficient (Wildman–Crippen LogP) is 3.42. The summed E-state index contributed by atoms with van der Waals surface area (Å²) in [6.45, 7) is 5.50. The van der Waals surface area contributed by atoms with Gasteiger partial charge >= 0.3 is 5.97 Å². The standard InChI is InChI=1S/C16H23NO4/c1-4-5-11-21-15(18)16(2,3)14(12-17(19)20)13-9-7-6-8-10-13/h6-10,14H,4-5,11-12H2,1-3H3. The number of hydrogen-bond acceptors (Lipinski definition) is 4. The van der Waals surface area contributed by atoms with Crippen molar-refractivity contribution in [3.8, 4) is 0 Å². The van der Waals surface area contributed by atoms with Gasteiger partial charge in [0.2, 0.25) is 6.54 Å². The fourth-order valence-electron chi connectivity index (χ4n) is 2.22. The molecule has 0 aromatic heterocycles. The molecule has 1 aromatic carbocycles. The number of benzene rings is 1. The van der Waals surface area contributed by atoms with Gasteiger partial charge in [0.1, 0.15) is 0 Å². The lowest BCUT2D eigenvalue weighted by Crippen LogP contribution is -2.37. The molecule has 0 fully saturated rings. The Hall–Kier alpha value is -1.91. The van der Waals surface area contributed by atoms with Gasteiger partial charge in [-0.05, 0) is 25.8 Å². The molecular formula is C16H23NO4. The molecule has 5 nitrogen and oxygen atoms in total. The van der Waals surface area contributed by atoms with Gasteiger partial charge in [-0.15, -0.1) is 0 Å². The summed E-state index contributed by atoms with van der Waals surface area (Å²) in [5.74, 6) is -0.894. The van der Waals surface area contributed by atoms with Crippen LogP contribution in [0.25, 0.3) is 0 Å². The average molecular weight is 293 g/mol. The molecule has 0 spiro atoms. The molecule has 1 atom stereocenters. The van der Waals surface area contributed by atoms with Crippen LogP contribution >= 0.6 is 0 Å². The van der Waals surface area contributed by atoms with Gasteiger partial charge in [-0.2, -0.15) is 0 Å². The van der Waals surface area contributed by atoms with Crippen LogP contribution in [0.4, 0.5) is 0 Å². The predicted molar refractivity (Wildman–Crippen MR) is 80.7 cm³/mol. The van der Waals surface area contributed by atoms with Gasteiger partial charge in [0.05, 0.1) is 17.9 Å². The number of nitro groups is 1. The van der Waals surface area contributed by atoms with E-state index in [4.69, 9.17) is 4.74 Å². The van der Waals surface area contributed by atoms with E-state index in [1.165, 1.54) is 0 Å². The minimum absolute atomic E-state index is 0.292. The van der Waals surface area contributed by atoms with E-state index >= 15 is 0 Å². The van der Waals surface area contributed by atoms with Gasteiger partial charge in [0, 0.05) is 4.92 Å². The molecular weight excluding hydrogens is 270 g/mol. The minimum atomic E-state index is -0.942. The van der Waals surface area contributed by atoms with Crippen LogP contribution in [0.15, 0.2) is 30.3 Å². The second kappa shape index (κ2) is 7.76. The van der Waals surface area contributed by atoms with E-state index in [1.54, 1.807) is 13.8 Å². The average Bonchev–Trinajstić information content (AvgIpc) is 2.45. The van der Waals surface area contributed by atoms with E-state index in [0.29, 0.717) is 6.61 Å². The summed E-state index contributed by atoms with van der Waals surface area (Å²) in [6, 6.07) is 9.12. The summed E-state index contributed by atoms with van der Waals surface area (Å²) in [7, 11) is 0. The molecule has 0 aliphatic heterocycles. The maximum absolute atomic E-state index is 12.3. The molecule has 0 amide bonds.